The van der Waals surface area contributed by atoms with Gasteiger partial charge in [0, 0.05) is 24.3 Å². The van der Waals surface area contributed by atoms with Crippen LogP contribution in [-0.4, -0.2) is 23.3 Å². The predicted molar refractivity (Wildman–Crippen MR) is 61.9 cm³/mol. The standard InChI is InChI=1S/C12H18N2O2/c1-8-3-5-14-11(13)10(8)12(2,15)9-4-6-16-7-9/h3,5,9,15H,4,6-7H2,1-2H3,(H2,13,14). The Hall–Kier alpha value is -1.13. The van der Waals surface area contributed by atoms with Gasteiger partial charge in [0.25, 0.3) is 0 Å². The first-order valence-corrected chi connectivity index (χ1v) is 5.55. The SMILES string of the molecule is Cc1ccnc(N)c1C(C)(O)C1CCOC1. The number of aromatic nitrogens is 1. The lowest BCUT2D eigenvalue weighted by Crippen LogP contribution is -2.34. The third-order valence-corrected chi connectivity index (χ3v) is 3.42. The maximum Gasteiger partial charge on any atom is 0.129 e. The van der Waals surface area contributed by atoms with Crippen LogP contribution in [0.5, 0.6) is 0 Å². The molecule has 2 atom stereocenters. The van der Waals surface area contributed by atoms with Crippen molar-refractivity contribution in [1.82, 2.24) is 4.98 Å². The van der Waals surface area contributed by atoms with Crippen molar-refractivity contribution >= 4 is 5.82 Å². The van der Waals surface area contributed by atoms with Crippen LogP contribution < -0.4 is 5.73 Å². The average molecular weight is 222 g/mol. The van der Waals surface area contributed by atoms with Crippen LogP contribution in [-0.2, 0) is 10.3 Å². The van der Waals surface area contributed by atoms with E-state index in [-0.39, 0.29) is 5.92 Å². The van der Waals surface area contributed by atoms with Gasteiger partial charge in [-0.15, -0.1) is 0 Å². The Kier molecular flexibility index (Phi) is 2.86. The molecule has 1 aliphatic heterocycles. The minimum absolute atomic E-state index is 0.0951. The smallest absolute Gasteiger partial charge is 0.129 e. The summed E-state index contributed by atoms with van der Waals surface area (Å²) in [6.07, 6.45) is 2.52. The number of nitrogen functional groups attached to an aromatic ring is 1. The van der Waals surface area contributed by atoms with Crippen LogP contribution in [0.15, 0.2) is 12.3 Å². The van der Waals surface area contributed by atoms with Gasteiger partial charge in [0.05, 0.1) is 12.2 Å². The Morgan fingerprint density at radius 1 is 1.62 bits per heavy atom. The molecule has 1 aromatic rings. The van der Waals surface area contributed by atoms with E-state index in [4.69, 9.17) is 10.5 Å². The molecule has 0 saturated carbocycles. The number of hydrogen-bond acceptors (Lipinski definition) is 4. The summed E-state index contributed by atoms with van der Waals surface area (Å²) >= 11 is 0. The molecule has 2 unspecified atom stereocenters. The lowest BCUT2D eigenvalue weighted by Gasteiger charge is -2.31. The monoisotopic (exact) mass is 222 g/mol. The molecular formula is C12H18N2O2. The number of rotatable bonds is 2. The molecule has 3 N–H and O–H groups in total. The van der Waals surface area contributed by atoms with Gasteiger partial charge in [-0.1, -0.05) is 0 Å². The predicted octanol–water partition coefficient (Wildman–Crippen LogP) is 1.22. The van der Waals surface area contributed by atoms with Gasteiger partial charge in [-0.05, 0) is 31.9 Å². The van der Waals surface area contributed by atoms with Gasteiger partial charge in [-0.25, -0.2) is 4.98 Å². The number of hydrogen-bond donors (Lipinski definition) is 2. The fourth-order valence-electron chi connectivity index (χ4n) is 2.42. The van der Waals surface area contributed by atoms with E-state index >= 15 is 0 Å². The van der Waals surface area contributed by atoms with E-state index in [9.17, 15) is 5.11 Å². The largest absolute Gasteiger partial charge is 0.385 e. The number of nitrogens with zero attached hydrogens (tertiary/aromatic N) is 1. The van der Waals surface area contributed by atoms with Crippen LogP contribution in [0.4, 0.5) is 5.82 Å². The van der Waals surface area contributed by atoms with Crippen molar-refractivity contribution in [2.45, 2.75) is 25.9 Å². The van der Waals surface area contributed by atoms with E-state index in [1.165, 1.54) is 0 Å². The molecule has 0 amide bonds. The van der Waals surface area contributed by atoms with Crippen LogP contribution in [0.3, 0.4) is 0 Å². The second kappa shape index (κ2) is 4.03. The zero-order valence-corrected chi connectivity index (χ0v) is 9.73. The van der Waals surface area contributed by atoms with E-state index in [2.05, 4.69) is 4.98 Å². The topological polar surface area (TPSA) is 68.4 Å². The van der Waals surface area contributed by atoms with Crippen LogP contribution >= 0.6 is 0 Å². The lowest BCUT2D eigenvalue weighted by atomic mass is 9.80. The highest BCUT2D eigenvalue weighted by molar-refractivity contribution is 5.47. The zero-order chi connectivity index (χ0) is 11.8. The van der Waals surface area contributed by atoms with Gasteiger partial charge >= 0.3 is 0 Å². The van der Waals surface area contributed by atoms with Gasteiger partial charge in [-0.2, -0.15) is 0 Å². The Labute approximate surface area is 95.4 Å². The number of ether oxygens (including phenoxy) is 1. The molecule has 16 heavy (non-hydrogen) atoms. The minimum Gasteiger partial charge on any atom is -0.385 e. The van der Waals surface area contributed by atoms with E-state index in [1.807, 2.05) is 13.0 Å². The number of anilines is 1. The molecular weight excluding hydrogens is 204 g/mol. The van der Waals surface area contributed by atoms with Gasteiger partial charge in [0.15, 0.2) is 0 Å². The second-order valence-corrected chi connectivity index (χ2v) is 4.60. The molecule has 0 aliphatic carbocycles. The van der Waals surface area contributed by atoms with Crippen molar-refractivity contribution in [2.24, 2.45) is 5.92 Å². The van der Waals surface area contributed by atoms with Gasteiger partial charge in [0.1, 0.15) is 5.82 Å². The highest BCUT2D eigenvalue weighted by Crippen LogP contribution is 2.38. The van der Waals surface area contributed by atoms with Crippen molar-refractivity contribution in [3.63, 3.8) is 0 Å². The summed E-state index contributed by atoms with van der Waals surface area (Å²) in [5.41, 5.74) is 6.62. The fourth-order valence-corrected chi connectivity index (χ4v) is 2.42. The first kappa shape index (κ1) is 11.4. The van der Waals surface area contributed by atoms with Crippen LogP contribution in [0, 0.1) is 12.8 Å². The summed E-state index contributed by atoms with van der Waals surface area (Å²) in [7, 11) is 0. The van der Waals surface area contributed by atoms with Crippen LogP contribution in [0.2, 0.25) is 0 Å². The number of nitrogens with two attached hydrogens (primary N) is 1. The molecule has 4 heteroatoms. The molecule has 1 aromatic heterocycles. The fraction of sp³-hybridized carbons (Fsp3) is 0.583. The Balaban J connectivity index is 2.41. The van der Waals surface area contributed by atoms with Crippen molar-refractivity contribution < 1.29 is 9.84 Å². The molecule has 4 nitrogen and oxygen atoms in total. The lowest BCUT2D eigenvalue weighted by molar-refractivity contribution is -0.00976. The maximum atomic E-state index is 10.6. The molecule has 0 aromatic carbocycles. The summed E-state index contributed by atoms with van der Waals surface area (Å²) in [6.45, 7) is 5.03. The van der Waals surface area contributed by atoms with Crippen molar-refractivity contribution in [2.75, 3.05) is 18.9 Å². The minimum atomic E-state index is -0.959. The zero-order valence-electron chi connectivity index (χ0n) is 9.73. The van der Waals surface area contributed by atoms with E-state index in [0.717, 1.165) is 17.5 Å². The highest BCUT2D eigenvalue weighted by atomic mass is 16.5. The number of aryl methyl sites for hydroxylation is 1. The molecule has 0 bridgehead atoms. The van der Waals surface area contributed by atoms with E-state index in [1.54, 1.807) is 13.1 Å². The normalized spacial score (nSPS) is 24.3. The van der Waals surface area contributed by atoms with E-state index < -0.39 is 5.60 Å². The molecule has 2 heterocycles. The maximum absolute atomic E-state index is 10.6. The first-order valence-electron chi connectivity index (χ1n) is 5.55. The molecule has 1 fully saturated rings. The summed E-state index contributed by atoms with van der Waals surface area (Å²) in [5, 5.41) is 10.6. The van der Waals surface area contributed by atoms with Crippen molar-refractivity contribution in [1.29, 1.82) is 0 Å². The van der Waals surface area contributed by atoms with E-state index in [0.29, 0.717) is 19.0 Å². The summed E-state index contributed by atoms with van der Waals surface area (Å²) < 4.78 is 5.32. The summed E-state index contributed by atoms with van der Waals surface area (Å²) in [5.74, 6) is 0.509. The quantitative estimate of drug-likeness (QED) is 0.789. The van der Waals surface area contributed by atoms with Gasteiger partial charge < -0.3 is 15.6 Å². The third-order valence-electron chi connectivity index (χ3n) is 3.42. The van der Waals surface area contributed by atoms with Crippen molar-refractivity contribution in [3.8, 4) is 0 Å². The van der Waals surface area contributed by atoms with Crippen LogP contribution in [0.25, 0.3) is 0 Å². The summed E-state index contributed by atoms with van der Waals surface area (Å²) in [6, 6.07) is 1.87. The van der Waals surface area contributed by atoms with Gasteiger partial charge in [-0.3, -0.25) is 0 Å². The van der Waals surface area contributed by atoms with Crippen LogP contribution in [0.1, 0.15) is 24.5 Å². The Bertz CT molecular complexity index is 364. The number of pyridine rings is 1. The third kappa shape index (κ3) is 1.79. The molecule has 1 aliphatic rings. The molecule has 0 radical (unpaired) electrons. The number of aliphatic hydroxyl groups is 1. The first-order chi connectivity index (χ1) is 7.53. The van der Waals surface area contributed by atoms with Gasteiger partial charge in [0.2, 0.25) is 0 Å². The molecule has 2 rings (SSSR count). The highest BCUT2D eigenvalue weighted by Gasteiger charge is 2.38. The second-order valence-electron chi connectivity index (χ2n) is 4.60. The van der Waals surface area contributed by atoms with Crippen molar-refractivity contribution in [3.05, 3.63) is 23.4 Å². The Morgan fingerprint density at radius 3 is 2.94 bits per heavy atom. The average Bonchev–Trinajstić information content (AvgIpc) is 2.69. The Morgan fingerprint density at radius 2 is 2.38 bits per heavy atom. The molecule has 1 saturated heterocycles. The summed E-state index contributed by atoms with van der Waals surface area (Å²) in [4.78, 5) is 4.05. The molecule has 88 valence electrons. The molecule has 0 spiro atoms.